The third kappa shape index (κ3) is 5.72. The Bertz CT molecular complexity index is 544. The molecule has 0 unspecified atom stereocenters. The first-order chi connectivity index (χ1) is 9.81. The van der Waals surface area contributed by atoms with Gasteiger partial charge in [0.25, 0.3) is 0 Å². The fourth-order valence-corrected chi connectivity index (χ4v) is 2.65. The van der Waals surface area contributed by atoms with Crippen LogP contribution in [-0.4, -0.2) is 34.2 Å². The molecule has 1 rings (SSSR count). The monoisotopic (exact) mass is 422 g/mol. The van der Waals surface area contributed by atoms with E-state index in [0.29, 0.717) is 14.6 Å². The Morgan fingerprint density at radius 3 is 2.19 bits per heavy atom. The normalized spacial score (nSPS) is 11.5. The largest absolute Gasteiger partial charge is 0.481 e. The van der Waals surface area contributed by atoms with Gasteiger partial charge in [-0.3, -0.25) is 4.79 Å². The van der Waals surface area contributed by atoms with E-state index in [1.807, 2.05) is 0 Å². The number of carbonyl (C=O) groups excluding carboxylic acids is 1. The molecule has 1 aromatic carbocycles. The number of hydrogen-bond donors (Lipinski definition) is 4. The molecule has 9 heteroatoms. The fraction of sp³-hybridized carbons (Fsp3) is 0.250. The molecular formula is C12H12Br2N2O5. The highest BCUT2D eigenvalue weighted by Gasteiger charge is 2.21. The van der Waals surface area contributed by atoms with Gasteiger partial charge in [0.1, 0.15) is 6.04 Å². The van der Waals surface area contributed by atoms with Crippen LogP contribution in [0.5, 0.6) is 0 Å². The quantitative estimate of drug-likeness (QED) is 0.561. The predicted octanol–water partition coefficient (Wildman–Crippen LogP) is 2.65. The van der Waals surface area contributed by atoms with Gasteiger partial charge in [-0.25, -0.2) is 9.59 Å². The highest BCUT2D eigenvalue weighted by molar-refractivity contribution is 9.11. The number of amides is 2. The van der Waals surface area contributed by atoms with E-state index in [2.05, 4.69) is 42.5 Å². The van der Waals surface area contributed by atoms with Crippen molar-refractivity contribution in [3.8, 4) is 0 Å². The van der Waals surface area contributed by atoms with Crippen molar-refractivity contribution < 1.29 is 24.6 Å². The van der Waals surface area contributed by atoms with Crippen LogP contribution >= 0.6 is 31.9 Å². The number of halogens is 2. The summed E-state index contributed by atoms with van der Waals surface area (Å²) in [4.78, 5) is 33.2. The van der Waals surface area contributed by atoms with Gasteiger partial charge in [-0.2, -0.15) is 0 Å². The average molecular weight is 424 g/mol. The van der Waals surface area contributed by atoms with E-state index >= 15 is 0 Å². The molecule has 0 aliphatic heterocycles. The van der Waals surface area contributed by atoms with E-state index in [-0.39, 0.29) is 12.8 Å². The minimum absolute atomic E-state index is 0.199. The van der Waals surface area contributed by atoms with Crippen molar-refractivity contribution in [1.29, 1.82) is 0 Å². The molecule has 0 heterocycles. The maximum atomic E-state index is 11.8. The second-order valence-electron chi connectivity index (χ2n) is 4.02. The molecule has 4 N–H and O–H groups in total. The van der Waals surface area contributed by atoms with Gasteiger partial charge in [-0.05, 0) is 50.4 Å². The molecule has 1 atom stereocenters. The van der Waals surface area contributed by atoms with Gasteiger partial charge in [0.05, 0.1) is 5.69 Å². The Balaban J connectivity index is 2.70. The molecule has 21 heavy (non-hydrogen) atoms. The second-order valence-corrected chi connectivity index (χ2v) is 5.73. The highest BCUT2D eigenvalue weighted by Crippen LogP contribution is 2.30. The smallest absolute Gasteiger partial charge is 0.326 e. The lowest BCUT2D eigenvalue weighted by Gasteiger charge is -2.15. The number of carboxylic acids is 2. The van der Waals surface area contributed by atoms with Crippen LogP contribution in [0.1, 0.15) is 12.8 Å². The lowest BCUT2D eigenvalue weighted by Crippen LogP contribution is -2.43. The first kappa shape index (κ1) is 17.4. The Kier molecular flexibility index (Phi) is 6.63. The number of aliphatic carboxylic acids is 2. The first-order valence-corrected chi connectivity index (χ1v) is 7.36. The maximum absolute atomic E-state index is 11.8. The Morgan fingerprint density at radius 2 is 1.71 bits per heavy atom. The molecule has 0 spiro atoms. The lowest BCUT2D eigenvalue weighted by molar-refractivity contribution is -0.140. The number of hydrogen-bond acceptors (Lipinski definition) is 3. The van der Waals surface area contributed by atoms with Crippen LogP contribution in [0.4, 0.5) is 10.5 Å². The molecule has 0 aliphatic rings. The number of urea groups is 1. The van der Waals surface area contributed by atoms with Gasteiger partial charge in [0.2, 0.25) is 0 Å². The highest BCUT2D eigenvalue weighted by atomic mass is 79.9. The summed E-state index contributed by atoms with van der Waals surface area (Å²) in [5, 5.41) is 22.2. The van der Waals surface area contributed by atoms with Crippen LogP contribution in [0.3, 0.4) is 0 Å². The van der Waals surface area contributed by atoms with Crippen LogP contribution in [0.15, 0.2) is 27.1 Å². The molecule has 0 fully saturated rings. The first-order valence-electron chi connectivity index (χ1n) is 5.77. The summed E-state index contributed by atoms with van der Waals surface area (Å²) in [7, 11) is 0. The van der Waals surface area contributed by atoms with Crippen molar-refractivity contribution in [1.82, 2.24) is 5.32 Å². The van der Waals surface area contributed by atoms with E-state index in [0.717, 1.165) is 0 Å². The number of anilines is 1. The lowest BCUT2D eigenvalue weighted by atomic mass is 10.1. The SMILES string of the molecule is O=C(O)CC[C@H](NC(=O)Nc1c(Br)cccc1Br)C(=O)O. The van der Waals surface area contributed by atoms with E-state index in [4.69, 9.17) is 10.2 Å². The van der Waals surface area contributed by atoms with Crippen molar-refractivity contribution in [3.05, 3.63) is 27.1 Å². The number of carboxylic acid groups (broad SMARTS) is 2. The Morgan fingerprint density at radius 1 is 1.14 bits per heavy atom. The van der Waals surface area contributed by atoms with Gasteiger partial charge in [0, 0.05) is 15.4 Å². The van der Waals surface area contributed by atoms with Gasteiger partial charge < -0.3 is 20.8 Å². The fourth-order valence-electron chi connectivity index (χ4n) is 1.45. The van der Waals surface area contributed by atoms with E-state index in [1.54, 1.807) is 18.2 Å². The maximum Gasteiger partial charge on any atom is 0.326 e. The third-order valence-corrected chi connectivity index (χ3v) is 3.77. The minimum atomic E-state index is -1.29. The molecule has 7 nitrogen and oxygen atoms in total. The van der Waals surface area contributed by atoms with E-state index in [9.17, 15) is 14.4 Å². The summed E-state index contributed by atoms with van der Waals surface area (Å²) in [5.74, 6) is -2.42. The van der Waals surface area contributed by atoms with Crippen molar-refractivity contribution in [2.45, 2.75) is 18.9 Å². The van der Waals surface area contributed by atoms with Crippen molar-refractivity contribution in [2.75, 3.05) is 5.32 Å². The molecule has 0 aliphatic carbocycles. The number of para-hydroxylation sites is 1. The number of carbonyl (C=O) groups is 3. The zero-order chi connectivity index (χ0) is 16.0. The van der Waals surface area contributed by atoms with Gasteiger partial charge in [-0.1, -0.05) is 6.07 Å². The number of rotatable bonds is 6. The summed E-state index contributed by atoms with van der Waals surface area (Å²) in [6.45, 7) is 0. The second kappa shape index (κ2) is 7.99. The zero-order valence-corrected chi connectivity index (χ0v) is 13.8. The predicted molar refractivity (Wildman–Crippen MR) is 82.3 cm³/mol. The summed E-state index contributed by atoms with van der Waals surface area (Å²) < 4.78 is 1.23. The standard InChI is InChI=1S/C12H12Br2N2O5/c13-6-2-1-3-7(14)10(6)16-12(21)15-8(11(19)20)4-5-9(17)18/h1-3,8H,4-5H2,(H,17,18)(H,19,20)(H2,15,16,21)/t8-/m0/s1. The topological polar surface area (TPSA) is 116 Å². The third-order valence-electron chi connectivity index (χ3n) is 2.45. The van der Waals surface area contributed by atoms with Gasteiger partial charge in [0.15, 0.2) is 0 Å². The van der Waals surface area contributed by atoms with E-state index < -0.39 is 24.0 Å². The molecule has 0 saturated carbocycles. The molecular weight excluding hydrogens is 412 g/mol. The van der Waals surface area contributed by atoms with Gasteiger partial charge in [-0.15, -0.1) is 0 Å². The Labute approximate surface area is 137 Å². The Hall–Kier alpha value is -1.61. The molecule has 2 amide bonds. The summed E-state index contributed by atoms with van der Waals surface area (Å²) in [6.07, 6.45) is -0.550. The summed E-state index contributed by atoms with van der Waals surface area (Å²) >= 11 is 6.51. The zero-order valence-electron chi connectivity index (χ0n) is 10.6. The number of nitrogens with one attached hydrogen (secondary N) is 2. The molecule has 0 bridgehead atoms. The van der Waals surface area contributed by atoms with Crippen molar-refractivity contribution in [2.24, 2.45) is 0 Å². The van der Waals surface area contributed by atoms with Crippen LogP contribution in [0, 0.1) is 0 Å². The van der Waals surface area contributed by atoms with Crippen molar-refractivity contribution >= 4 is 55.5 Å². The summed E-state index contributed by atoms with van der Waals surface area (Å²) in [5.41, 5.74) is 0.442. The molecule has 0 aromatic heterocycles. The summed E-state index contributed by atoms with van der Waals surface area (Å²) in [6, 6.07) is 3.16. The molecule has 0 radical (unpaired) electrons. The van der Waals surface area contributed by atoms with Crippen LogP contribution in [0.25, 0.3) is 0 Å². The van der Waals surface area contributed by atoms with E-state index in [1.165, 1.54) is 0 Å². The van der Waals surface area contributed by atoms with Crippen LogP contribution < -0.4 is 10.6 Å². The van der Waals surface area contributed by atoms with Crippen molar-refractivity contribution in [3.63, 3.8) is 0 Å². The minimum Gasteiger partial charge on any atom is -0.481 e. The molecule has 0 saturated heterocycles. The average Bonchev–Trinajstić information content (AvgIpc) is 2.38. The van der Waals surface area contributed by atoms with Crippen LogP contribution in [-0.2, 0) is 9.59 Å². The van der Waals surface area contributed by atoms with Crippen LogP contribution in [0.2, 0.25) is 0 Å². The van der Waals surface area contributed by atoms with Gasteiger partial charge >= 0.3 is 18.0 Å². The number of benzene rings is 1. The molecule has 1 aromatic rings. The molecule has 114 valence electrons.